The van der Waals surface area contributed by atoms with Gasteiger partial charge in [0.1, 0.15) is 0 Å². The number of nitrogens with one attached hydrogen (secondary N) is 1. The molecule has 0 spiro atoms. The molecule has 1 N–H and O–H groups in total. The van der Waals surface area contributed by atoms with Gasteiger partial charge in [0.05, 0.1) is 21.6 Å². The number of aromatic nitrogens is 1. The first kappa shape index (κ1) is 18.2. The molecule has 28 heavy (non-hydrogen) atoms. The van der Waals surface area contributed by atoms with E-state index in [1.165, 1.54) is 0 Å². The number of nitrogens with zero attached hydrogens (tertiary/aromatic N) is 1. The Hall–Kier alpha value is -3.13. The molecule has 0 radical (unpaired) electrons. The van der Waals surface area contributed by atoms with Crippen LogP contribution < -0.4 is 14.8 Å². The van der Waals surface area contributed by atoms with E-state index in [4.69, 9.17) is 14.2 Å². The van der Waals surface area contributed by atoms with Crippen molar-refractivity contribution in [2.45, 2.75) is 19.4 Å². The summed E-state index contributed by atoms with van der Waals surface area (Å²) < 4.78 is 16.7. The first-order chi connectivity index (χ1) is 13.7. The molecule has 0 unspecified atom stereocenters. The molecule has 1 amide bonds. The molecule has 2 aromatic carbocycles. The fraction of sp³-hybridized carbons (Fsp3) is 0.250. The predicted octanol–water partition coefficient (Wildman–Crippen LogP) is 2.82. The Morgan fingerprint density at radius 2 is 2.00 bits per heavy atom. The number of carbonyl (C=O) groups is 2. The van der Waals surface area contributed by atoms with Crippen LogP contribution in [0.5, 0.6) is 11.5 Å². The maximum absolute atomic E-state index is 11.9. The maximum Gasteiger partial charge on any atom is 0.306 e. The van der Waals surface area contributed by atoms with Crippen molar-refractivity contribution in [2.75, 3.05) is 13.4 Å². The summed E-state index contributed by atoms with van der Waals surface area (Å²) in [7, 11) is 0. The summed E-state index contributed by atoms with van der Waals surface area (Å²) in [6, 6.07) is 13.3. The highest BCUT2D eigenvalue weighted by Crippen LogP contribution is 2.32. The van der Waals surface area contributed by atoms with Crippen LogP contribution in [-0.2, 0) is 27.3 Å². The Morgan fingerprint density at radius 3 is 2.89 bits per heavy atom. The number of benzene rings is 2. The van der Waals surface area contributed by atoms with E-state index < -0.39 is 5.97 Å². The molecule has 0 bridgehead atoms. The van der Waals surface area contributed by atoms with Gasteiger partial charge in [-0.15, -0.1) is 11.3 Å². The Labute approximate surface area is 165 Å². The van der Waals surface area contributed by atoms with Gasteiger partial charge in [-0.25, -0.2) is 4.98 Å². The largest absolute Gasteiger partial charge is 0.456 e. The van der Waals surface area contributed by atoms with E-state index in [0.717, 1.165) is 20.8 Å². The summed E-state index contributed by atoms with van der Waals surface area (Å²) in [5, 5.41) is 3.59. The molecule has 3 aromatic rings. The Balaban J connectivity index is 1.18. The highest BCUT2D eigenvalue weighted by atomic mass is 32.1. The number of fused-ring (bicyclic) bond motifs is 2. The molecule has 1 aliphatic heterocycles. The smallest absolute Gasteiger partial charge is 0.306 e. The monoisotopic (exact) mass is 398 g/mol. The van der Waals surface area contributed by atoms with Crippen molar-refractivity contribution in [3.05, 3.63) is 53.0 Å². The van der Waals surface area contributed by atoms with Crippen LogP contribution in [-0.4, -0.2) is 30.3 Å². The molecule has 144 valence electrons. The number of amides is 1. The first-order valence-corrected chi connectivity index (χ1v) is 9.64. The molecule has 0 atom stereocenters. The van der Waals surface area contributed by atoms with Gasteiger partial charge in [-0.2, -0.15) is 0 Å². The minimum Gasteiger partial charge on any atom is -0.456 e. The van der Waals surface area contributed by atoms with Gasteiger partial charge in [0.15, 0.2) is 18.1 Å². The molecule has 0 saturated carbocycles. The normalized spacial score (nSPS) is 12.1. The van der Waals surface area contributed by atoms with Gasteiger partial charge < -0.3 is 19.5 Å². The van der Waals surface area contributed by atoms with Crippen LogP contribution in [0.4, 0.5) is 0 Å². The summed E-state index contributed by atoms with van der Waals surface area (Å²) in [5.74, 6) is 0.577. The number of thiazole rings is 1. The number of hydrogen-bond donors (Lipinski definition) is 1. The molecular formula is C20H18N2O5S. The second kappa shape index (κ2) is 8.26. The lowest BCUT2D eigenvalue weighted by atomic mass is 10.2. The number of rotatable bonds is 7. The van der Waals surface area contributed by atoms with Crippen molar-refractivity contribution >= 4 is 33.4 Å². The Bertz CT molecular complexity index is 984. The summed E-state index contributed by atoms with van der Waals surface area (Å²) in [4.78, 5) is 28.3. The fourth-order valence-corrected chi connectivity index (χ4v) is 3.72. The standard InChI is InChI=1S/C20H18N2O5S/c23-18(21-10-13-5-6-15-16(9-13)27-12-26-15)11-25-20(24)8-7-19-22-14-3-1-2-4-17(14)28-19/h1-6,9H,7-8,10-12H2,(H,21,23). The third-order valence-electron chi connectivity index (χ3n) is 4.17. The highest BCUT2D eigenvalue weighted by Gasteiger charge is 2.14. The average Bonchev–Trinajstić information content (AvgIpc) is 3.34. The quantitative estimate of drug-likeness (QED) is 0.616. The van der Waals surface area contributed by atoms with Crippen LogP contribution in [0.15, 0.2) is 42.5 Å². The lowest BCUT2D eigenvalue weighted by Crippen LogP contribution is -2.28. The predicted molar refractivity (Wildman–Crippen MR) is 103 cm³/mol. The second-order valence-corrected chi connectivity index (χ2v) is 7.32. The summed E-state index contributed by atoms with van der Waals surface area (Å²) in [6.45, 7) is 0.222. The fourth-order valence-electron chi connectivity index (χ4n) is 2.76. The molecular weight excluding hydrogens is 380 g/mol. The lowest BCUT2D eigenvalue weighted by molar-refractivity contribution is -0.148. The van der Waals surface area contributed by atoms with Crippen LogP contribution >= 0.6 is 11.3 Å². The number of hydrogen-bond acceptors (Lipinski definition) is 7. The van der Waals surface area contributed by atoms with Gasteiger partial charge in [0, 0.05) is 13.0 Å². The van der Waals surface area contributed by atoms with Gasteiger partial charge in [0.2, 0.25) is 6.79 Å². The Kier molecular flexibility index (Phi) is 5.38. The van der Waals surface area contributed by atoms with Gasteiger partial charge in [-0.1, -0.05) is 18.2 Å². The number of carbonyl (C=O) groups excluding carboxylic acids is 2. The number of para-hydroxylation sites is 1. The van der Waals surface area contributed by atoms with E-state index in [0.29, 0.717) is 24.5 Å². The SMILES string of the molecule is O=C(COC(=O)CCc1nc2ccccc2s1)NCc1ccc2c(c1)OCO2. The number of ether oxygens (including phenoxy) is 3. The lowest BCUT2D eigenvalue weighted by Gasteiger charge is -2.07. The topological polar surface area (TPSA) is 86.8 Å². The molecule has 0 saturated heterocycles. The maximum atomic E-state index is 11.9. The molecule has 8 heteroatoms. The molecule has 2 heterocycles. The third kappa shape index (κ3) is 4.40. The van der Waals surface area contributed by atoms with Crippen LogP contribution in [0.2, 0.25) is 0 Å². The molecule has 0 aliphatic carbocycles. The first-order valence-electron chi connectivity index (χ1n) is 8.83. The van der Waals surface area contributed by atoms with E-state index in [2.05, 4.69) is 10.3 Å². The van der Waals surface area contributed by atoms with Crippen molar-refractivity contribution in [2.24, 2.45) is 0 Å². The number of aryl methyl sites for hydroxylation is 1. The average molecular weight is 398 g/mol. The Morgan fingerprint density at radius 1 is 1.14 bits per heavy atom. The van der Waals surface area contributed by atoms with Gasteiger partial charge in [-0.3, -0.25) is 9.59 Å². The zero-order valence-corrected chi connectivity index (χ0v) is 15.8. The summed E-state index contributed by atoms with van der Waals surface area (Å²) in [6.07, 6.45) is 0.687. The van der Waals surface area contributed by atoms with Crippen LogP contribution in [0.3, 0.4) is 0 Å². The summed E-state index contributed by atoms with van der Waals surface area (Å²) >= 11 is 1.56. The van der Waals surface area contributed by atoms with Gasteiger partial charge >= 0.3 is 5.97 Å². The number of esters is 1. The highest BCUT2D eigenvalue weighted by molar-refractivity contribution is 7.18. The molecule has 1 aromatic heterocycles. The van der Waals surface area contributed by atoms with Gasteiger partial charge in [0.25, 0.3) is 5.91 Å². The van der Waals surface area contributed by atoms with Crippen LogP contribution in [0.25, 0.3) is 10.2 Å². The van der Waals surface area contributed by atoms with E-state index in [-0.39, 0.29) is 25.7 Å². The van der Waals surface area contributed by atoms with Crippen molar-refractivity contribution in [1.82, 2.24) is 10.3 Å². The minimum absolute atomic E-state index is 0.190. The van der Waals surface area contributed by atoms with E-state index in [1.807, 2.05) is 36.4 Å². The zero-order chi connectivity index (χ0) is 19.3. The molecule has 4 rings (SSSR count). The van der Waals surface area contributed by atoms with Crippen LogP contribution in [0, 0.1) is 0 Å². The van der Waals surface area contributed by atoms with Crippen molar-refractivity contribution in [3.63, 3.8) is 0 Å². The minimum atomic E-state index is -0.419. The van der Waals surface area contributed by atoms with E-state index >= 15 is 0 Å². The van der Waals surface area contributed by atoms with Crippen molar-refractivity contribution < 1.29 is 23.8 Å². The van der Waals surface area contributed by atoms with E-state index in [9.17, 15) is 9.59 Å². The second-order valence-electron chi connectivity index (χ2n) is 6.20. The van der Waals surface area contributed by atoms with Gasteiger partial charge in [-0.05, 0) is 29.8 Å². The third-order valence-corrected chi connectivity index (χ3v) is 5.27. The zero-order valence-electron chi connectivity index (χ0n) is 15.0. The van der Waals surface area contributed by atoms with Crippen molar-refractivity contribution in [1.29, 1.82) is 0 Å². The molecule has 0 fully saturated rings. The van der Waals surface area contributed by atoms with Crippen molar-refractivity contribution in [3.8, 4) is 11.5 Å². The van der Waals surface area contributed by atoms with E-state index in [1.54, 1.807) is 17.4 Å². The molecule has 7 nitrogen and oxygen atoms in total. The van der Waals surface area contributed by atoms with Crippen LogP contribution in [0.1, 0.15) is 17.0 Å². The summed E-state index contributed by atoms with van der Waals surface area (Å²) in [5.41, 5.74) is 1.80. The molecule has 1 aliphatic rings.